The van der Waals surface area contributed by atoms with Crippen LogP contribution >= 0.6 is 0 Å². The Bertz CT molecular complexity index is 518. The van der Waals surface area contributed by atoms with E-state index in [1.54, 1.807) is 0 Å². The molecular weight excluding hydrogens is 240 g/mol. The first kappa shape index (κ1) is 12.5. The molecule has 0 radical (unpaired) electrons. The van der Waals surface area contributed by atoms with Gasteiger partial charge in [-0.05, 0) is 43.2 Å². The van der Waals surface area contributed by atoms with Gasteiger partial charge in [0.2, 0.25) is 0 Å². The van der Waals surface area contributed by atoms with E-state index < -0.39 is 0 Å². The largest absolute Gasteiger partial charge is 0.458 e. The van der Waals surface area contributed by atoms with E-state index in [-0.39, 0.29) is 18.0 Å². The third-order valence-corrected chi connectivity index (χ3v) is 4.36. The highest BCUT2D eigenvalue weighted by Crippen LogP contribution is 2.30. The molecule has 1 aromatic rings. The number of carbonyl (C=O) groups excluding carboxylic acids is 1. The van der Waals surface area contributed by atoms with Crippen molar-refractivity contribution in [3.63, 3.8) is 0 Å². The zero-order chi connectivity index (χ0) is 13.4. The normalized spacial score (nSPS) is 26.3. The smallest absolute Gasteiger partial charge is 0.309 e. The number of carbonyl (C=O) groups is 1. The molecule has 0 N–H and O–H groups in total. The fraction of sp³-hybridized carbons (Fsp3) is 0.600. The molecule has 19 heavy (non-hydrogen) atoms. The van der Waals surface area contributed by atoms with Crippen LogP contribution in [-0.2, 0) is 29.4 Å². The highest BCUT2D eigenvalue weighted by molar-refractivity contribution is 5.73. The molecule has 1 aromatic heterocycles. The summed E-state index contributed by atoms with van der Waals surface area (Å²) >= 11 is 0. The number of nitrogens with zero attached hydrogens (tertiary/aromatic N) is 2. The van der Waals surface area contributed by atoms with Crippen LogP contribution in [0.4, 0.5) is 0 Å². The van der Waals surface area contributed by atoms with Crippen molar-refractivity contribution >= 4 is 5.97 Å². The first-order valence-electron chi connectivity index (χ1n) is 7.03. The van der Waals surface area contributed by atoms with E-state index in [2.05, 4.69) is 11.7 Å². The molecule has 0 aliphatic heterocycles. The summed E-state index contributed by atoms with van der Waals surface area (Å²) in [6.07, 6.45) is 7.45. The zero-order valence-corrected chi connectivity index (χ0v) is 11.4. The molecule has 2 unspecified atom stereocenters. The molecule has 1 heterocycles. The molecule has 2 aliphatic carbocycles. The van der Waals surface area contributed by atoms with E-state index in [1.807, 2.05) is 17.9 Å². The minimum Gasteiger partial charge on any atom is -0.458 e. The molecule has 3 rings (SSSR count). The zero-order valence-electron chi connectivity index (χ0n) is 11.4. The number of esters is 1. The van der Waals surface area contributed by atoms with Gasteiger partial charge >= 0.3 is 5.97 Å². The lowest BCUT2D eigenvalue weighted by Gasteiger charge is -2.23. The van der Waals surface area contributed by atoms with Crippen LogP contribution in [-0.4, -0.2) is 21.9 Å². The summed E-state index contributed by atoms with van der Waals surface area (Å²) in [4.78, 5) is 12.2. The fourth-order valence-electron chi connectivity index (χ4n) is 3.11. The first-order chi connectivity index (χ1) is 9.15. The van der Waals surface area contributed by atoms with E-state index >= 15 is 0 Å². The Labute approximate surface area is 113 Å². The van der Waals surface area contributed by atoms with Crippen LogP contribution in [0.2, 0.25) is 0 Å². The van der Waals surface area contributed by atoms with Gasteiger partial charge in [0.15, 0.2) is 0 Å². The summed E-state index contributed by atoms with van der Waals surface area (Å²) in [6, 6.07) is 0. The average Bonchev–Trinajstić information content (AvgIpc) is 2.97. The highest BCUT2D eigenvalue weighted by atomic mass is 16.5. The Kier molecular flexibility index (Phi) is 3.17. The van der Waals surface area contributed by atoms with Crippen LogP contribution in [0.5, 0.6) is 0 Å². The van der Waals surface area contributed by atoms with Gasteiger partial charge in [-0.1, -0.05) is 6.58 Å². The predicted octanol–water partition coefficient (Wildman–Crippen LogP) is 2.18. The standard InChI is InChI=1S/C15H20N2O2/c1-10-4-3-5-14(10)19-15(18)11-6-7-12-9-16-17(2)13(12)8-11/h9,11,14H,1,3-8H2,2H3. The minimum atomic E-state index is -0.0556. The maximum Gasteiger partial charge on any atom is 0.309 e. The van der Waals surface area contributed by atoms with Crippen molar-refractivity contribution in [1.29, 1.82) is 0 Å². The fourth-order valence-corrected chi connectivity index (χ4v) is 3.11. The molecule has 4 heteroatoms. The van der Waals surface area contributed by atoms with Gasteiger partial charge in [0.05, 0.1) is 12.1 Å². The van der Waals surface area contributed by atoms with Crippen LogP contribution in [0.3, 0.4) is 0 Å². The van der Waals surface area contributed by atoms with Crippen molar-refractivity contribution in [2.24, 2.45) is 13.0 Å². The number of hydrogen-bond acceptors (Lipinski definition) is 3. The van der Waals surface area contributed by atoms with E-state index in [1.165, 1.54) is 11.3 Å². The van der Waals surface area contributed by atoms with Gasteiger partial charge < -0.3 is 4.74 Å². The summed E-state index contributed by atoms with van der Waals surface area (Å²) in [5, 5.41) is 4.26. The van der Waals surface area contributed by atoms with E-state index in [9.17, 15) is 4.79 Å². The van der Waals surface area contributed by atoms with Crippen LogP contribution in [0.1, 0.15) is 36.9 Å². The van der Waals surface area contributed by atoms with Crippen LogP contribution in [0, 0.1) is 5.92 Å². The van der Waals surface area contributed by atoms with E-state index in [0.717, 1.165) is 44.1 Å². The maximum absolute atomic E-state index is 12.2. The van der Waals surface area contributed by atoms with Gasteiger partial charge in [-0.2, -0.15) is 5.10 Å². The first-order valence-corrected chi connectivity index (χ1v) is 7.03. The highest BCUT2D eigenvalue weighted by Gasteiger charge is 2.31. The van der Waals surface area contributed by atoms with E-state index in [4.69, 9.17) is 4.74 Å². The van der Waals surface area contributed by atoms with Gasteiger partial charge in [-0.15, -0.1) is 0 Å². The third-order valence-electron chi connectivity index (χ3n) is 4.36. The van der Waals surface area contributed by atoms with Gasteiger partial charge in [0.25, 0.3) is 0 Å². The summed E-state index contributed by atoms with van der Waals surface area (Å²) in [7, 11) is 1.94. The molecule has 1 saturated carbocycles. The molecule has 4 nitrogen and oxygen atoms in total. The van der Waals surface area contributed by atoms with Crippen molar-refractivity contribution in [2.45, 2.75) is 44.6 Å². The second-order valence-corrected chi connectivity index (χ2v) is 5.66. The van der Waals surface area contributed by atoms with Crippen molar-refractivity contribution in [3.8, 4) is 0 Å². The summed E-state index contributed by atoms with van der Waals surface area (Å²) < 4.78 is 7.50. The topological polar surface area (TPSA) is 44.1 Å². The Morgan fingerprint density at radius 1 is 1.47 bits per heavy atom. The molecule has 1 fully saturated rings. The number of aromatic nitrogens is 2. The predicted molar refractivity (Wildman–Crippen MR) is 71.6 cm³/mol. The van der Waals surface area contributed by atoms with Gasteiger partial charge in [0.1, 0.15) is 6.10 Å². The Morgan fingerprint density at radius 2 is 2.32 bits per heavy atom. The molecule has 0 saturated heterocycles. The second kappa shape index (κ2) is 4.83. The lowest BCUT2D eigenvalue weighted by atomic mass is 9.88. The van der Waals surface area contributed by atoms with Crippen molar-refractivity contribution in [3.05, 3.63) is 29.6 Å². The lowest BCUT2D eigenvalue weighted by molar-refractivity contribution is -0.152. The molecule has 2 atom stereocenters. The molecule has 0 spiro atoms. The van der Waals surface area contributed by atoms with Gasteiger partial charge in [0, 0.05) is 19.2 Å². The lowest BCUT2D eigenvalue weighted by Crippen LogP contribution is -2.28. The summed E-state index contributed by atoms with van der Waals surface area (Å²) in [5.74, 6) is -0.0730. The van der Waals surface area contributed by atoms with Crippen LogP contribution in [0.25, 0.3) is 0 Å². The molecule has 102 valence electrons. The molecular formula is C15H20N2O2. The Morgan fingerprint density at radius 3 is 3.05 bits per heavy atom. The minimum absolute atomic E-state index is 0.0173. The van der Waals surface area contributed by atoms with Crippen molar-refractivity contribution in [1.82, 2.24) is 9.78 Å². The van der Waals surface area contributed by atoms with Crippen molar-refractivity contribution in [2.75, 3.05) is 0 Å². The van der Waals surface area contributed by atoms with Crippen molar-refractivity contribution < 1.29 is 9.53 Å². The molecule has 0 bridgehead atoms. The quantitative estimate of drug-likeness (QED) is 0.604. The Hall–Kier alpha value is -1.58. The molecule has 2 aliphatic rings. The number of aryl methyl sites for hydroxylation is 2. The second-order valence-electron chi connectivity index (χ2n) is 5.66. The number of hydrogen-bond donors (Lipinski definition) is 0. The maximum atomic E-state index is 12.2. The number of fused-ring (bicyclic) bond motifs is 1. The third kappa shape index (κ3) is 2.31. The van der Waals surface area contributed by atoms with E-state index in [0.29, 0.717) is 0 Å². The van der Waals surface area contributed by atoms with Gasteiger partial charge in [-0.3, -0.25) is 9.48 Å². The number of ether oxygens (including phenoxy) is 1. The van der Waals surface area contributed by atoms with Crippen LogP contribution in [0.15, 0.2) is 18.3 Å². The number of rotatable bonds is 2. The molecule has 0 aromatic carbocycles. The summed E-state index contributed by atoms with van der Waals surface area (Å²) in [5.41, 5.74) is 3.53. The SMILES string of the molecule is C=C1CCCC1OC(=O)C1CCc2cnn(C)c2C1. The average molecular weight is 260 g/mol. The Balaban J connectivity index is 1.66. The monoisotopic (exact) mass is 260 g/mol. The van der Waals surface area contributed by atoms with Gasteiger partial charge in [-0.25, -0.2) is 0 Å². The summed E-state index contributed by atoms with van der Waals surface area (Å²) in [6.45, 7) is 3.98. The molecule has 0 amide bonds. The van der Waals surface area contributed by atoms with Crippen LogP contribution < -0.4 is 0 Å².